The van der Waals surface area contributed by atoms with Crippen molar-refractivity contribution in [2.24, 2.45) is 0 Å². The number of aliphatic carboxylic acids is 2. The Labute approximate surface area is 170 Å². The van der Waals surface area contributed by atoms with Crippen molar-refractivity contribution in [1.29, 1.82) is 0 Å². The van der Waals surface area contributed by atoms with Crippen LogP contribution in [0.15, 0.2) is 48.5 Å². The summed E-state index contributed by atoms with van der Waals surface area (Å²) in [6.45, 7) is 5.31. The summed E-state index contributed by atoms with van der Waals surface area (Å²) in [5, 5.41) is 18.1. The summed E-state index contributed by atoms with van der Waals surface area (Å²) in [7, 11) is 0. The number of rotatable bonds is 5. The van der Waals surface area contributed by atoms with Gasteiger partial charge in [0.25, 0.3) is 0 Å². The van der Waals surface area contributed by atoms with E-state index in [0.29, 0.717) is 11.7 Å². The van der Waals surface area contributed by atoms with E-state index in [0.717, 1.165) is 38.9 Å². The molecule has 3 N–H and O–H groups in total. The average Bonchev–Trinajstić information content (AvgIpc) is 2.72. The van der Waals surface area contributed by atoms with Crippen molar-refractivity contribution >= 4 is 17.6 Å². The SMILES string of the molecule is CCc1ccc(CN2CCC(Nc3ccccc3F)CC2)cc1.O=C(O)C(=O)O. The molecule has 0 radical (unpaired) electrons. The molecule has 29 heavy (non-hydrogen) atoms. The van der Waals surface area contributed by atoms with Gasteiger partial charge in [0.1, 0.15) is 5.82 Å². The third-order valence-corrected chi connectivity index (χ3v) is 4.84. The molecule has 0 unspecified atom stereocenters. The highest BCUT2D eigenvalue weighted by molar-refractivity contribution is 6.27. The van der Waals surface area contributed by atoms with Crippen molar-refractivity contribution in [1.82, 2.24) is 4.90 Å². The number of carbonyl (C=O) groups is 2. The zero-order chi connectivity index (χ0) is 21.2. The lowest BCUT2D eigenvalue weighted by atomic mass is 10.0. The van der Waals surface area contributed by atoms with Crippen molar-refractivity contribution in [3.05, 3.63) is 65.5 Å². The van der Waals surface area contributed by atoms with Gasteiger partial charge in [0.15, 0.2) is 0 Å². The van der Waals surface area contributed by atoms with Gasteiger partial charge in [-0.1, -0.05) is 43.3 Å². The maximum Gasteiger partial charge on any atom is 0.414 e. The standard InChI is InChI=1S/C20H25FN2.C2H2O4/c1-2-16-7-9-17(10-8-16)15-23-13-11-18(12-14-23)22-20-6-4-3-5-19(20)21;3-1(4)2(5)6/h3-10,18,22H,2,11-15H2,1H3;(H,3,4)(H,5,6). The highest BCUT2D eigenvalue weighted by Gasteiger charge is 2.19. The fourth-order valence-electron chi connectivity index (χ4n) is 3.17. The Balaban J connectivity index is 0.000000438. The second kappa shape index (κ2) is 11.2. The molecular formula is C22H27FN2O4. The summed E-state index contributed by atoms with van der Waals surface area (Å²) in [6.07, 6.45) is 3.20. The first-order valence-corrected chi connectivity index (χ1v) is 9.66. The van der Waals surface area contributed by atoms with Crippen LogP contribution in [0.5, 0.6) is 0 Å². The molecule has 0 aromatic heterocycles. The van der Waals surface area contributed by atoms with Crippen molar-refractivity contribution in [3.8, 4) is 0 Å². The number of anilines is 1. The van der Waals surface area contributed by atoms with E-state index in [1.807, 2.05) is 12.1 Å². The van der Waals surface area contributed by atoms with Crippen LogP contribution in [-0.4, -0.2) is 46.2 Å². The van der Waals surface area contributed by atoms with E-state index in [9.17, 15) is 4.39 Å². The van der Waals surface area contributed by atoms with Crippen LogP contribution in [0.4, 0.5) is 10.1 Å². The number of benzene rings is 2. The second-order valence-corrected chi connectivity index (χ2v) is 6.95. The van der Waals surface area contributed by atoms with Gasteiger partial charge in [0.2, 0.25) is 0 Å². The number of carboxylic acid groups (broad SMARTS) is 2. The van der Waals surface area contributed by atoms with Crippen LogP contribution in [0.1, 0.15) is 30.9 Å². The van der Waals surface area contributed by atoms with E-state index in [-0.39, 0.29) is 5.82 Å². The minimum Gasteiger partial charge on any atom is -0.473 e. The molecule has 0 bridgehead atoms. The normalized spacial score (nSPS) is 14.6. The van der Waals surface area contributed by atoms with Crippen LogP contribution in [-0.2, 0) is 22.6 Å². The van der Waals surface area contributed by atoms with E-state index in [1.54, 1.807) is 6.07 Å². The molecule has 7 heteroatoms. The maximum atomic E-state index is 13.7. The van der Waals surface area contributed by atoms with Gasteiger partial charge < -0.3 is 15.5 Å². The third kappa shape index (κ3) is 7.54. The lowest BCUT2D eigenvalue weighted by Crippen LogP contribution is -2.38. The largest absolute Gasteiger partial charge is 0.473 e. The van der Waals surface area contributed by atoms with E-state index in [1.165, 1.54) is 17.2 Å². The summed E-state index contributed by atoms with van der Waals surface area (Å²) in [5.41, 5.74) is 3.39. The van der Waals surface area contributed by atoms with E-state index >= 15 is 0 Å². The molecule has 6 nitrogen and oxygen atoms in total. The molecule has 156 valence electrons. The highest BCUT2D eigenvalue weighted by atomic mass is 19.1. The monoisotopic (exact) mass is 402 g/mol. The van der Waals surface area contributed by atoms with Crippen LogP contribution in [0.25, 0.3) is 0 Å². The van der Waals surface area contributed by atoms with Crippen LogP contribution in [0.3, 0.4) is 0 Å². The number of halogens is 1. The minimum absolute atomic E-state index is 0.161. The van der Waals surface area contributed by atoms with Gasteiger partial charge in [0, 0.05) is 25.7 Å². The van der Waals surface area contributed by atoms with E-state index < -0.39 is 11.9 Å². The quantitative estimate of drug-likeness (QED) is 0.662. The maximum absolute atomic E-state index is 13.7. The minimum atomic E-state index is -1.82. The molecule has 1 fully saturated rings. The Kier molecular flexibility index (Phi) is 8.61. The number of hydrogen-bond donors (Lipinski definition) is 3. The molecule has 0 spiro atoms. The van der Waals surface area contributed by atoms with Crippen molar-refractivity contribution in [3.63, 3.8) is 0 Å². The molecule has 1 aliphatic heterocycles. The van der Waals surface area contributed by atoms with Crippen molar-refractivity contribution < 1.29 is 24.2 Å². The van der Waals surface area contributed by atoms with Gasteiger partial charge in [-0.15, -0.1) is 0 Å². The zero-order valence-electron chi connectivity index (χ0n) is 16.5. The van der Waals surface area contributed by atoms with Crippen LogP contribution in [0.2, 0.25) is 0 Å². The summed E-state index contributed by atoms with van der Waals surface area (Å²) < 4.78 is 13.7. The predicted octanol–water partition coefficient (Wildman–Crippen LogP) is 3.62. The molecule has 0 saturated carbocycles. The first kappa shape index (κ1) is 22.4. The van der Waals surface area contributed by atoms with E-state index in [2.05, 4.69) is 41.4 Å². The number of likely N-dealkylation sites (tertiary alicyclic amines) is 1. The van der Waals surface area contributed by atoms with Gasteiger partial charge in [-0.25, -0.2) is 14.0 Å². The van der Waals surface area contributed by atoms with Crippen LogP contribution >= 0.6 is 0 Å². The van der Waals surface area contributed by atoms with Gasteiger partial charge in [0.05, 0.1) is 5.69 Å². The number of aryl methyl sites for hydroxylation is 1. The molecule has 3 rings (SSSR count). The first-order chi connectivity index (χ1) is 13.9. The molecule has 0 amide bonds. The lowest BCUT2D eigenvalue weighted by molar-refractivity contribution is -0.159. The molecule has 0 aliphatic carbocycles. The van der Waals surface area contributed by atoms with Crippen molar-refractivity contribution in [2.75, 3.05) is 18.4 Å². The molecule has 0 atom stereocenters. The molecule has 2 aromatic rings. The smallest absolute Gasteiger partial charge is 0.414 e. The Bertz CT molecular complexity index is 791. The lowest BCUT2D eigenvalue weighted by Gasteiger charge is -2.33. The van der Waals surface area contributed by atoms with Gasteiger partial charge >= 0.3 is 11.9 Å². The van der Waals surface area contributed by atoms with Gasteiger partial charge in [-0.2, -0.15) is 0 Å². The number of hydrogen-bond acceptors (Lipinski definition) is 4. The predicted molar refractivity (Wildman–Crippen MR) is 109 cm³/mol. The Hall–Kier alpha value is -2.93. The molecule has 1 heterocycles. The summed E-state index contributed by atoms with van der Waals surface area (Å²) >= 11 is 0. The molecule has 2 aromatic carbocycles. The van der Waals surface area contributed by atoms with Crippen LogP contribution in [0, 0.1) is 5.82 Å². The number of nitrogens with zero attached hydrogens (tertiary/aromatic N) is 1. The van der Waals surface area contributed by atoms with Gasteiger partial charge in [-0.05, 0) is 42.5 Å². The number of carboxylic acids is 2. The Morgan fingerprint density at radius 3 is 2.07 bits per heavy atom. The Morgan fingerprint density at radius 1 is 1.00 bits per heavy atom. The average molecular weight is 402 g/mol. The first-order valence-electron chi connectivity index (χ1n) is 9.66. The fraction of sp³-hybridized carbons (Fsp3) is 0.364. The molecular weight excluding hydrogens is 375 g/mol. The summed E-state index contributed by atoms with van der Waals surface area (Å²) in [6, 6.07) is 16.2. The molecule has 1 aliphatic rings. The molecule has 1 saturated heterocycles. The second-order valence-electron chi connectivity index (χ2n) is 6.95. The third-order valence-electron chi connectivity index (χ3n) is 4.84. The van der Waals surface area contributed by atoms with Crippen LogP contribution < -0.4 is 5.32 Å². The summed E-state index contributed by atoms with van der Waals surface area (Å²) in [5.74, 6) is -3.81. The number of para-hydroxylation sites is 1. The van der Waals surface area contributed by atoms with Crippen molar-refractivity contribution in [2.45, 2.75) is 38.8 Å². The number of nitrogens with one attached hydrogen (secondary N) is 1. The highest BCUT2D eigenvalue weighted by Crippen LogP contribution is 2.20. The Morgan fingerprint density at radius 2 is 1.55 bits per heavy atom. The number of piperidine rings is 1. The zero-order valence-corrected chi connectivity index (χ0v) is 16.5. The van der Waals surface area contributed by atoms with Gasteiger partial charge in [-0.3, -0.25) is 4.90 Å². The summed E-state index contributed by atoms with van der Waals surface area (Å²) in [4.78, 5) is 20.7. The van der Waals surface area contributed by atoms with E-state index in [4.69, 9.17) is 19.8 Å². The fourth-order valence-corrected chi connectivity index (χ4v) is 3.17. The topological polar surface area (TPSA) is 89.9 Å².